The second-order valence-electron chi connectivity index (χ2n) is 7.92. The second kappa shape index (κ2) is 8.62. The molecule has 1 N–H and O–H groups in total. The van der Waals surface area contributed by atoms with E-state index in [-0.39, 0.29) is 29.1 Å². The van der Waals surface area contributed by atoms with Gasteiger partial charge in [0.2, 0.25) is 0 Å². The summed E-state index contributed by atoms with van der Waals surface area (Å²) in [6.07, 6.45) is 1.50. The Balaban J connectivity index is 1.43. The maximum atomic E-state index is 13.1. The van der Waals surface area contributed by atoms with Gasteiger partial charge in [0.1, 0.15) is 5.82 Å². The van der Waals surface area contributed by atoms with Crippen LogP contribution >= 0.6 is 12.2 Å². The number of piperidine rings is 1. The first-order valence-electron chi connectivity index (χ1n) is 10.2. The number of aromatic amines is 1. The summed E-state index contributed by atoms with van der Waals surface area (Å²) >= 11 is 5.42. The lowest BCUT2D eigenvalue weighted by molar-refractivity contribution is 0.0788. The van der Waals surface area contributed by atoms with Crippen LogP contribution in [-0.4, -0.2) is 39.4 Å². The van der Waals surface area contributed by atoms with Crippen molar-refractivity contribution in [2.75, 3.05) is 13.1 Å². The fourth-order valence-corrected chi connectivity index (χ4v) is 4.46. The fraction of sp³-hybridized carbons (Fsp3) is 0.348. The zero-order valence-electron chi connectivity index (χ0n) is 16.8. The highest BCUT2D eigenvalue weighted by Crippen LogP contribution is 2.23. The van der Waals surface area contributed by atoms with Gasteiger partial charge in [-0.05, 0) is 81.5 Å². The molecule has 2 heterocycles. The normalized spacial score (nSPS) is 16.6. The van der Waals surface area contributed by atoms with E-state index >= 15 is 0 Å². The van der Waals surface area contributed by atoms with Crippen molar-refractivity contribution in [1.82, 2.24) is 14.5 Å². The Morgan fingerprint density at radius 2 is 1.83 bits per heavy atom. The largest absolute Gasteiger partial charge is 0.332 e. The van der Waals surface area contributed by atoms with Gasteiger partial charge >= 0.3 is 0 Å². The van der Waals surface area contributed by atoms with Crippen LogP contribution in [0.2, 0.25) is 0 Å². The van der Waals surface area contributed by atoms with Crippen molar-refractivity contribution in [1.29, 1.82) is 0 Å². The monoisotopic (exact) mass is 425 g/mol. The highest BCUT2D eigenvalue weighted by molar-refractivity contribution is 7.71. The van der Waals surface area contributed by atoms with Crippen LogP contribution in [0.5, 0.6) is 0 Å². The van der Waals surface area contributed by atoms with Crippen LogP contribution in [0.25, 0.3) is 10.9 Å². The Hall–Kier alpha value is -2.64. The van der Waals surface area contributed by atoms with E-state index in [2.05, 4.69) is 16.8 Å². The molecule has 1 aliphatic heterocycles. The summed E-state index contributed by atoms with van der Waals surface area (Å²) in [5, 5.41) is 0.627. The summed E-state index contributed by atoms with van der Waals surface area (Å²) in [6.45, 7) is 4.13. The van der Waals surface area contributed by atoms with E-state index in [1.165, 1.54) is 12.1 Å². The molecule has 1 saturated heterocycles. The lowest BCUT2D eigenvalue weighted by Gasteiger charge is -2.35. The fourth-order valence-electron chi connectivity index (χ4n) is 4.20. The van der Waals surface area contributed by atoms with Crippen molar-refractivity contribution in [2.24, 2.45) is 5.92 Å². The Kier molecular flexibility index (Phi) is 5.92. The average Bonchev–Trinajstić information content (AvgIpc) is 2.76. The topological polar surface area (TPSA) is 58.1 Å². The number of H-pyrrole nitrogens is 1. The number of halogens is 1. The van der Waals surface area contributed by atoms with E-state index in [0.29, 0.717) is 22.3 Å². The van der Waals surface area contributed by atoms with Crippen LogP contribution in [-0.2, 0) is 6.54 Å². The number of carbonyl (C=O) groups is 1. The summed E-state index contributed by atoms with van der Waals surface area (Å²) in [5.41, 5.74) is 1.23. The summed E-state index contributed by atoms with van der Waals surface area (Å²) in [7, 11) is 0. The highest BCUT2D eigenvalue weighted by Gasteiger charge is 2.28. The number of carbonyl (C=O) groups excluding carboxylic acids is 1. The van der Waals surface area contributed by atoms with E-state index in [9.17, 15) is 14.0 Å². The number of ketones is 1. The molecule has 2 aromatic carbocycles. The van der Waals surface area contributed by atoms with Crippen molar-refractivity contribution < 1.29 is 9.18 Å². The van der Waals surface area contributed by atoms with Gasteiger partial charge in [-0.2, -0.15) is 0 Å². The number of rotatable bonds is 5. The number of aromatic nitrogens is 2. The third-order valence-electron chi connectivity index (χ3n) is 5.99. The number of hydrogen-bond donors (Lipinski definition) is 1. The Bertz CT molecular complexity index is 1180. The van der Waals surface area contributed by atoms with Crippen molar-refractivity contribution in [3.8, 4) is 0 Å². The van der Waals surface area contributed by atoms with Gasteiger partial charge in [0.15, 0.2) is 10.6 Å². The van der Waals surface area contributed by atoms with Gasteiger partial charge in [0, 0.05) is 24.1 Å². The smallest absolute Gasteiger partial charge is 0.262 e. The van der Waals surface area contributed by atoms with Gasteiger partial charge < -0.3 is 4.98 Å². The zero-order valence-corrected chi connectivity index (χ0v) is 17.6. The Morgan fingerprint density at radius 3 is 2.53 bits per heavy atom. The molecule has 3 aromatic rings. The molecule has 0 spiro atoms. The number of nitrogens with zero attached hydrogens (tertiary/aromatic N) is 2. The first-order valence-corrected chi connectivity index (χ1v) is 10.6. The molecule has 7 heteroatoms. The van der Waals surface area contributed by atoms with Gasteiger partial charge in [0.25, 0.3) is 5.56 Å². The highest BCUT2D eigenvalue weighted by atomic mass is 32.1. The number of hydrogen-bond acceptors (Lipinski definition) is 4. The maximum Gasteiger partial charge on any atom is 0.262 e. The van der Waals surface area contributed by atoms with E-state index in [4.69, 9.17) is 12.2 Å². The quantitative estimate of drug-likeness (QED) is 0.492. The SMILES string of the molecule is CC(Cn1c(=S)[nH]c2ccccc2c1=O)N1CCC(C(=O)c2ccc(F)cc2)CC1. The molecule has 1 atom stereocenters. The van der Waals surface area contributed by atoms with Gasteiger partial charge in [0.05, 0.1) is 10.9 Å². The average molecular weight is 426 g/mol. The molecule has 0 bridgehead atoms. The van der Waals surface area contributed by atoms with Crippen molar-refractivity contribution in [3.05, 3.63) is 75.0 Å². The van der Waals surface area contributed by atoms with Crippen molar-refractivity contribution in [2.45, 2.75) is 32.4 Å². The number of fused-ring (bicyclic) bond motifs is 1. The molecule has 30 heavy (non-hydrogen) atoms. The van der Waals surface area contributed by atoms with Gasteiger partial charge in [-0.1, -0.05) is 12.1 Å². The summed E-state index contributed by atoms with van der Waals surface area (Å²) in [6, 6.07) is 13.3. The van der Waals surface area contributed by atoms with E-state index in [1.54, 1.807) is 22.8 Å². The summed E-state index contributed by atoms with van der Waals surface area (Å²) in [4.78, 5) is 31.0. The molecule has 0 amide bonds. The minimum absolute atomic E-state index is 0.0508. The maximum absolute atomic E-state index is 13.1. The van der Waals surface area contributed by atoms with Crippen LogP contribution in [0.4, 0.5) is 4.39 Å². The van der Waals surface area contributed by atoms with Crippen LogP contribution in [0, 0.1) is 16.5 Å². The van der Waals surface area contributed by atoms with E-state index < -0.39 is 0 Å². The predicted molar refractivity (Wildman–Crippen MR) is 118 cm³/mol. The van der Waals surface area contributed by atoms with Crippen LogP contribution in [0.15, 0.2) is 53.3 Å². The van der Waals surface area contributed by atoms with Gasteiger partial charge in [-0.25, -0.2) is 4.39 Å². The van der Waals surface area contributed by atoms with Crippen LogP contribution in [0.1, 0.15) is 30.1 Å². The van der Waals surface area contributed by atoms with Gasteiger partial charge in [-0.3, -0.25) is 19.1 Å². The minimum Gasteiger partial charge on any atom is -0.332 e. The minimum atomic E-state index is -0.336. The predicted octanol–water partition coefficient (Wildman–Crippen LogP) is 4.18. The molecule has 156 valence electrons. The number of para-hydroxylation sites is 1. The lowest BCUT2D eigenvalue weighted by Crippen LogP contribution is -2.44. The molecule has 1 aliphatic rings. The van der Waals surface area contributed by atoms with E-state index in [1.807, 2.05) is 18.2 Å². The zero-order chi connectivity index (χ0) is 21.3. The Morgan fingerprint density at radius 1 is 1.17 bits per heavy atom. The second-order valence-corrected chi connectivity index (χ2v) is 8.31. The summed E-state index contributed by atoms with van der Waals surface area (Å²) < 4.78 is 15.1. The van der Waals surface area contributed by atoms with Gasteiger partial charge in [-0.15, -0.1) is 0 Å². The molecular formula is C23H24FN3O2S. The molecule has 1 fully saturated rings. The molecule has 0 saturated carbocycles. The molecule has 0 aliphatic carbocycles. The first kappa shape index (κ1) is 20.6. The van der Waals surface area contributed by atoms with Crippen molar-refractivity contribution in [3.63, 3.8) is 0 Å². The third-order valence-corrected chi connectivity index (χ3v) is 6.31. The number of likely N-dealkylation sites (tertiary alicyclic amines) is 1. The van der Waals surface area contributed by atoms with E-state index in [0.717, 1.165) is 31.4 Å². The molecule has 1 unspecified atom stereocenters. The standard InChI is InChI=1S/C23H24FN3O2S/c1-15(14-27-22(29)19-4-2-3-5-20(19)25-23(27)30)26-12-10-17(11-13-26)21(28)16-6-8-18(24)9-7-16/h2-9,15,17H,10-14H2,1H3,(H,25,30). The Labute approximate surface area is 179 Å². The summed E-state index contributed by atoms with van der Waals surface area (Å²) in [5.74, 6) is -0.307. The van der Waals surface area contributed by atoms with Crippen LogP contribution < -0.4 is 5.56 Å². The first-order chi connectivity index (χ1) is 14.4. The number of benzene rings is 2. The number of Topliss-reactive ketones (excluding diaryl/α,β-unsaturated/α-hetero) is 1. The molecular weight excluding hydrogens is 401 g/mol. The molecule has 4 rings (SSSR count). The number of nitrogens with one attached hydrogen (secondary N) is 1. The van der Waals surface area contributed by atoms with Crippen molar-refractivity contribution >= 4 is 28.9 Å². The molecule has 5 nitrogen and oxygen atoms in total. The lowest BCUT2D eigenvalue weighted by atomic mass is 9.88. The molecule has 1 aromatic heterocycles. The third kappa shape index (κ3) is 4.13. The molecule has 0 radical (unpaired) electrons. The van der Waals surface area contributed by atoms with Crippen LogP contribution in [0.3, 0.4) is 0 Å².